The average molecular weight is 281 g/mol. The Kier molecular flexibility index (Phi) is 5.79. The van der Waals surface area contributed by atoms with Crippen LogP contribution >= 0.6 is 0 Å². The summed E-state index contributed by atoms with van der Waals surface area (Å²) in [5, 5.41) is 2.54. The molecule has 7 heteroatoms. The number of carbonyl (C=O) groups excluding carboxylic acids is 2. The van der Waals surface area contributed by atoms with Crippen molar-refractivity contribution in [1.29, 1.82) is 0 Å². The SMILES string of the molecule is COc1ccc(CC(=O)NCC(N)C(N)=O)cc1OC. The van der Waals surface area contributed by atoms with E-state index < -0.39 is 11.9 Å². The topological polar surface area (TPSA) is 117 Å². The van der Waals surface area contributed by atoms with E-state index in [1.165, 1.54) is 14.2 Å². The van der Waals surface area contributed by atoms with Gasteiger partial charge in [0, 0.05) is 6.54 Å². The highest BCUT2D eigenvalue weighted by atomic mass is 16.5. The summed E-state index contributed by atoms with van der Waals surface area (Å²) in [4.78, 5) is 22.4. The summed E-state index contributed by atoms with van der Waals surface area (Å²) in [7, 11) is 3.06. The summed E-state index contributed by atoms with van der Waals surface area (Å²) in [5.74, 6) is 0.226. The van der Waals surface area contributed by atoms with Crippen molar-refractivity contribution >= 4 is 11.8 Å². The van der Waals surface area contributed by atoms with Crippen LogP contribution < -0.4 is 26.3 Å². The van der Waals surface area contributed by atoms with Gasteiger partial charge in [0.25, 0.3) is 0 Å². The monoisotopic (exact) mass is 281 g/mol. The van der Waals surface area contributed by atoms with Crippen molar-refractivity contribution in [2.45, 2.75) is 12.5 Å². The molecule has 0 aromatic heterocycles. The second kappa shape index (κ2) is 7.34. The molecular formula is C13H19N3O4. The van der Waals surface area contributed by atoms with E-state index in [1.807, 2.05) is 0 Å². The lowest BCUT2D eigenvalue weighted by molar-refractivity contribution is -0.121. The Bertz CT molecular complexity index is 491. The molecule has 0 aliphatic carbocycles. The van der Waals surface area contributed by atoms with Crippen molar-refractivity contribution in [2.24, 2.45) is 11.5 Å². The highest BCUT2D eigenvalue weighted by molar-refractivity contribution is 5.82. The largest absolute Gasteiger partial charge is 0.493 e. The van der Waals surface area contributed by atoms with Crippen molar-refractivity contribution in [3.8, 4) is 11.5 Å². The number of ether oxygens (including phenoxy) is 2. The predicted molar refractivity (Wildman–Crippen MR) is 73.4 cm³/mol. The maximum absolute atomic E-state index is 11.7. The molecule has 0 heterocycles. The van der Waals surface area contributed by atoms with Crippen molar-refractivity contribution < 1.29 is 19.1 Å². The molecule has 1 aromatic carbocycles. The van der Waals surface area contributed by atoms with Crippen molar-refractivity contribution in [3.05, 3.63) is 23.8 Å². The zero-order chi connectivity index (χ0) is 15.1. The molecule has 0 radical (unpaired) electrons. The van der Waals surface area contributed by atoms with E-state index in [1.54, 1.807) is 18.2 Å². The van der Waals surface area contributed by atoms with Crippen LogP contribution in [-0.4, -0.2) is 38.6 Å². The van der Waals surface area contributed by atoms with Gasteiger partial charge >= 0.3 is 0 Å². The van der Waals surface area contributed by atoms with Crippen molar-refractivity contribution in [1.82, 2.24) is 5.32 Å². The number of benzene rings is 1. The second-order valence-corrected chi connectivity index (χ2v) is 4.18. The number of methoxy groups -OCH3 is 2. The molecule has 0 saturated heterocycles. The van der Waals surface area contributed by atoms with Gasteiger partial charge in [-0.05, 0) is 17.7 Å². The zero-order valence-electron chi connectivity index (χ0n) is 11.5. The molecule has 0 saturated carbocycles. The third-order valence-electron chi connectivity index (χ3n) is 2.70. The zero-order valence-corrected chi connectivity index (χ0v) is 11.5. The number of hydrogen-bond acceptors (Lipinski definition) is 5. The fraction of sp³-hybridized carbons (Fsp3) is 0.385. The van der Waals surface area contributed by atoms with Gasteiger partial charge in [-0.3, -0.25) is 9.59 Å². The molecule has 1 rings (SSSR count). The van der Waals surface area contributed by atoms with Gasteiger partial charge in [0.15, 0.2) is 11.5 Å². The highest BCUT2D eigenvalue weighted by Crippen LogP contribution is 2.27. The molecular weight excluding hydrogens is 262 g/mol. The fourth-order valence-electron chi connectivity index (χ4n) is 1.56. The molecule has 1 aromatic rings. The number of primary amides is 1. The van der Waals surface area contributed by atoms with E-state index in [0.717, 1.165) is 5.56 Å². The standard InChI is InChI=1S/C13H19N3O4/c1-19-10-4-3-8(5-11(10)20-2)6-12(17)16-7-9(14)13(15)18/h3-5,9H,6-7,14H2,1-2H3,(H2,15,18)(H,16,17). The molecule has 5 N–H and O–H groups in total. The minimum atomic E-state index is -0.885. The lowest BCUT2D eigenvalue weighted by atomic mass is 10.1. The number of hydrogen-bond donors (Lipinski definition) is 3. The average Bonchev–Trinajstić information content (AvgIpc) is 2.44. The van der Waals surface area contributed by atoms with Gasteiger partial charge in [0.05, 0.1) is 20.6 Å². The van der Waals surface area contributed by atoms with E-state index in [-0.39, 0.29) is 18.9 Å². The third-order valence-corrected chi connectivity index (χ3v) is 2.70. The number of carbonyl (C=O) groups is 2. The quantitative estimate of drug-likeness (QED) is 0.603. The Morgan fingerprint density at radius 3 is 2.45 bits per heavy atom. The Morgan fingerprint density at radius 1 is 1.25 bits per heavy atom. The van der Waals surface area contributed by atoms with E-state index in [0.29, 0.717) is 11.5 Å². The lowest BCUT2D eigenvalue weighted by Gasteiger charge is -2.11. The highest BCUT2D eigenvalue weighted by Gasteiger charge is 2.12. The Morgan fingerprint density at radius 2 is 1.90 bits per heavy atom. The number of amides is 2. The minimum absolute atomic E-state index is 0.0153. The number of nitrogens with two attached hydrogens (primary N) is 2. The van der Waals surface area contributed by atoms with Crippen LogP contribution in [0.4, 0.5) is 0 Å². The van der Waals surface area contributed by atoms with E-state index in [2.05, 4.69) is 5.32 Å². The molecule has 1 atom stereocenters. The first kappa shape index (κ1) is 15.8. The van der Waals surface area contributed by atoms with Crippen LogP contribution in [0.2, 0.25) is 0 Å². The van der Waals surface area contributed by atoms with Crippen LogP contribution in [0.5, 0.6) is 11.5 Å². The first-order valence-corrected chi connectivity index (χ1v) is 6.00. The van der Waals surface area contributed by atoms with Gasteiger partial charge in [-0.1, -0.05) is 6.07 Å². The maximum Gasteiger partial charge on any atom is 0.236 e. The molecule has 0 fully saturated rings. The molecule has 7 nitrogen and oxygen atoms in total. The first-order chi connectivity index (χ1) is 9.47. The van der Waals surface area contributed by atoms with E-state index in [9.17, 15) is 9.59 Å². The summed E-state index contributed by atoms with van der Waals surface area (Å²) in [5.41, 5.74) is 11.2. The van der Waals surface area contributed by atoms with E-state index >= 15 is 0 Å². The lowest BCUT2D eigenvalue weighted by Crippen LogP contribution is -2.46. The first-order valence-electron chi connectivity index (χ1n) is 6.00. The van der Waals surface area contributed by atoms with Crippen molar-refractivity contribution in [3.63, 3.8) is 0 Å². The molecule has 0 spiro atoms. The normalized spacial score (nSPS) is 11.6. The van der Waals surface area contributed by atoms with Crippen LogP contribution in [0, 0.1) is 0 Å². The molecule has 20 heavy (non-hydrogen) atoms. The predicted octanol–water partition coefficient (Wildman–Crippen LogP) is -0.825. The Labute approximate surface area is 117 Å². The van der Waals surface area contributed by atoms with Gasteiger partial charge in [0.1, 0.15) is 6.04 Å². The third kappa shape index (κ3) is 4.43. The van der Waals surface area contributed by atoms with Gasteiger partial charge in [-0.25, -0.2) is 0 Å². The van der Waals surface area contributed by atoms with Crippen LogP contribution in [0.25, 0.3) is 0 Å². The Hall–Kier alpha value is -2.28. The molecule has 2 amide bonds. The van der Waals surface area contributed by atoms with Crippen LogP contribution in [0.1, 0.15) is 5.56 Å². The Balaban J connectivity index is 2.60. The second-order valence-electron chi connectivity index (χ2n) is 4.18. The smallest absolute Gasteiger partial charge is 0.236 e. The summed E-state index contributed by atoms with van der Waals surface area (Å²) >= 11 is 0. The summed E-state index contributed by atoms with van der Waals surface area (Å²) < 4.78 is 10.3. The van der Waals surface area contributed by atoms with Crippen molar-refractivity contribution in [2.75, 3.05) is 20.8 Å². The summed E-state index contributed by atoms with van der Waals surface area (Å²) in [6.45, 7) is 0.0153. The summed E-state index contributed by atoms with van der Waals surface area (Å²) in [6, 6.07) is 4.31. The minimum Gasteiger partial charge on any atom is -0.493 e. The number of nitrogens with one attached hydrogen (secondary N) is 1. The van der Waals surface area contributed by atoms with Gasteiger partial charge in [-0.15, -0.1) is 0 Å². The molecule has 0 aliphatic heterocycles. The molecule has 0 aliphatic rings. The van der Waals surface area contributed by atoms with Gasteiger partial charge < -0.3 is 26.3 Å². The van der Waals surface area contributed by atoms with E-state index in [4.69, 9.17) is 20.9 Å². The van der Waals surface area contributed by atoms with Crippen LogP contribution in [0.3, 0.4) is 0 Å². The fourth-order valence-corrected chi connectivity index (χ4v) is 1.56. The van der Waals surface area contributed by atoms with Gasteiger partial charge in [-0.2, -0.15) is 0 Å². The molecule has 0 bridgehead atoms. The number of rotatable bonds is 7. The maximum atomic E-state index is 11.7. The van der Waals surface area contributed by atoms with Crippen LogP contribution in [0.15, 0.2) is 18.2 Å². The molecule has 110 valence electrons. The molecule has 1 unspecified atom stereocenters. The van der Waals surface area contributed by atoms with Crippen LogP contribution in [-0.2, 0) is 16.0 Å². The summed E-state index contributed by atoms with van der Waals surface area (Å²) in [6.07, 6.45) is 0.145. The van der Waals surface area contributed by atoms with Gasteiger partial charge in [0.2, 0.25) is 11.8 Å².